The van der Waals surface area contributed by atoms with E-state index in [1.54, 1.807) is 22.0 Å². The van der Waals surface area contributed by atoms with Crippen LogP contribution >= 0.6 is 0 Å². The number of amides is 1. The third kappa shape index (κ3) is 3.08. The summed E-state index contributed by atoms with van der Waals surface area (Å²) < 4.78 is 13.0. The average Bonchev–Trinajstić information content (AvgIpc) is 3.31. The summed E-state index contributed by atoms with van der Waals surface area (Å²) >= 11 is 0. The molecular formula is C19H19N3O3. The van der Waals surface area contributed by atoms with Gasteiger partial charge in [-0.15, -0.1) is 0 Å². The van der Waals surface area contributed by atoms with Gasteiger partial charge in [-0.05, 0) is 31.2 Å². The maximum absolute atomic E-state index is 13.0. The zero-order valence-electron chi connectivity index (χ0n) is 14.0. The van der Waals surface area contributed by atoms with E-state index < -0.39 is 0 Å². The fourth-order valence-electron chi connectivity index (χ4n) is 3.04. The first-order chi connectivity index (χ1) is 12.2. The topological polar surface area (TPSA) is 60.5 Å². The Hall–Kier alpha value is -2.86. The molecule has 1 aliphatic heterocycles. The Kier molecular flexibility index (Phi) is 4.11. The molecule has 6 heteroatoms. The van der Waals surface area contributed by atoms with E-state index in [9.17, 15) is 4.79 Å². The molecule has 3 aromatic rings. The predicted octanol–water partition coefficient (Wildman–Crippen LogP) is 2.99. The number of hydrogen-bond acceptors (Lipinski definition) is 4. The minimum atomic E-state index is -0.213. The summed E-state index contributed by atoms with van der Waals surface area (Å²) in [7, 11) is 0. The Morgan fingerprint density at radius 1 is 1.20 bits per heavy atom. The number of carbonyl (C=O) groups excluding carboxylic acids is 1. The van der Waals surface area contributed by atoms with Gasteiger partial charge in [0.1, 0.15) is 17.6 Å². The Balaban J connectivity index is 1.60. The van der Waals surface area contributed by atoms with Crippen LogP contribution in [0.25, 0.3) is 5.69 Å². The molecule has 6 nitrogen and oxygen atoms in total. The van der Waals surface area contributed by atoms with E-state index >= 15 is 0 Å². The van der Waals surface area contributed by atoms with Crippen LogP contribution in [0, 0.1) is 6.92 Å². The zero-order valence-corrected chi connectivity index (χ0v) is 14.0. The Morgan fingerprint density at radius 3 is 2.80 bits per heavy atom. The number of furan rings is 1. The highest BCUT2D eigenvalue weighted by atomic mass is 16.5. The number of nitrogens with zero attached hydrogens (tertiary/aromatic N) is 3. The van der Waals surface area contributed by atoms with Crippen molar-refractivity contribution in [2.75, 3.05) is 19.8 Å². The maximum Gasteiger partial charge on any atom is 0.257 e. The number of benzene rings is 1. The molecule has 1 aromatic carbocycles. The maximum atomic E-state index is 13.0. The molecule has 0 radical (unpaired) electrons. The highest BCUT2D eigenvalue weighted by Crippen LogP contribution is 2.27. The van der Waals surface area contributed by atoms with Crippen molar-refractivity contribution in [3.63, 3.8) is 0 Å². The molecule has 4 rings (SSSR count). The molecular weight excluding hydrogens is 318 g/mol. The third-order valence-corrected chi connectivity index (χ3v) is 4.33. The van der Waals surface area contributed by atoms with Gasteiger partial charge >= 0.3 is 0 Å². The van der Waals surface area contributed by atoms with Gasteiger partial charge in [0.15, 0.2) is 0 Å². The van der Waals surface area contributed by atoms with Crippen molar-refractivity contribution >= 4 is 5.91 Å². The molecule has 2 aromatic heterocycles. The van der Waals surface area contributed by atoms with Crippen LogP contribution in [0.1, 0.15) is 27.9 Å². The quantitative estimate of drug-likeness (QED) is 0.737. The number of hydrogen-bond donors (Lipinski definition) is 0. The number of rotatable bonds is 3. The second kappa shape index (κ2) is 6.57. The van der Waals surface area contributed by atoms with Crippen LogP contribution in [0.2, 0.25) is 0 Å². The van der Waals surface area contributed by atoms with Crippen LogP contribution in [0.3, 0.4) is 0 Å². The number of para-hydroxylation sites is 1. The second-order valence-corrected chi connectivity index (χ2v) is 6.05. The number of aryl methyl sites for hydroxylation is 1. The minimum absolute atomic E-state index is 0.0652. The van der Waals surface area contributed by atoms with Crippen LogP contribution < -0.4 is 0 Å². The van der Waals surface area contributed by atoms with E-state index in [-0.39, 0.29) is 11.9 Å². The molecule has 1 aliphatic rings. The van der Waals surface area contributed by atoms with Crippen LogP contribution in [0.5, 0.6) is 0 Å². The van der Waals surface area contributed by atoms with Crippen molar-refractivity contribution in [1.29, 1.82) is 0 Å². The van der Waals surface area contributed by atoms with E-state index in [1.807, 2.05) is 49.4 Å². The molecule has 0 N–H and O–H groups in total. The fraction of sp³-hybridized carbons (Fsp3) is 0.263. The molecule has 0 aliphatic carbocycles. The van der Waals surface area contributed by atoms with E-state index in [4.69, 9.17) is 9.15 Å². The lowest BCUT2D eigenvalue weighted by Gasteiger charge is -2.34. The normalized spacial score (nSPS) is 17.6. The van der Waals surface area contributed by atoms with Crippen molar-refractivity contribution < 1.29 is 13.9 Å². The lowest BCUT2D eigenvalue weighted by molar-refractivity contribution is -0.00895. The predicted molar refractivity (Wildman–Crippen MR) is 91.6 cm³/mol. The molecule has 1 fully saturated rings. The van der Waals surface area contributed by atoms with Crippen molar-refractivity contribution in [1.82, 2.24) is 14.7 Å². The van der Waals surface area contributed by atoms with E-state index in [2.05, 4.69) is 5.10 Å². The molecule has 0 saturated carbocycles. The van der Waals surface area contributed by atoms with Gasteiger partial charge in [0.05, 0.1) is 30.7 Å². The lowest BCUT2D eigenvalue weighted by atomic mass is 10.1. The summed E-state index contributed by atoms with van der Waals surface area (Å²) in [6.07, 6.45) is 3.37. The highest BCUT2D eigenvalue weighted by Gasteiger charge is 2.32. The molecule has 3 heterocycles. The van der Waals surface area contributed by atoms with Gasteiger partial charge in [0.2, 0.25) is 0 Å². The summed E-state index contributed by atoms with van der Waals surface area (Å²) in [5.41, 5.74) is 1.47. The van der Waals surface area contributed by atoms with E-state index in [0.29, 0.717) is 25.3 Å². The smallest absolute Gasteiger partial charge is 0.257 e. The van der Waals surface area contributed by atoms with Crippen LogP contribution in [-0.2, 0) is 4.74 Å². The van der Waals surface area contributed by atoms with E-state index in [0.717, 1.165) is 17.2 Å². The van der Waals surface area contributed by atoms with Gasteiger partial charge in [-0.3, -0.25) is 4.79 Å². The summed E-state index contributed by atoms with van der Waals surface area (Å²) in [5.74, 6) is 1.51. The van der Waals surface area contributed by atoms with Gasteiger partial charge in [0.25, 0.3) is 5.91 Å². The molecule has 25 heavy (non-hydrogen) atoms. The SMILES string of the molecule is Cc1ccc([C@H]2COCCN2C(=O)c2cnn(-c3ccccc3)c2)o1. The molecule has 0 unspecified atom stereocenters. The summed E-state index contributed by atoms with van der Waals surface area (Å²) in [5, 5.41) is 4.32. The largest absolute Gasteiger partial charge is 0.464 e. The van der Waals surface area contributed by atoms with Crippen molar-refractivity contribution in [3.8, 4) is 5.69 Å². The van der Waals surface area contributed by atoms with Crippen molar-refractivity contribution in [2.45, 2.75) is 13.0 Å². The molecule has 1 atom stereocenters. The van der Waals surface area contributed by atoms with Gasteiger partial charge in [-0.2, -0.15) is 5.10 Å². The molecule has 0 bridgehead atoms. The van der Waals surface area contributed by atoms with Gasteiger partial charge in [0, 0.05) is 12.7 Å². The summed E-state index contributed by atoms with van der Waals surface area (Å²) in [6, 6.07) is 13.3. The molecule has 1 saturated heterocycles. The van der Waals surface area contributed by atoms with Gasteiger partial charge in [-0.1, -0.05) is 18.2 Å². The monoisotopic (exact) mass is 337 g/mol. The Labute approximate surface area is 145 Å². The zero-order chi connectivity index (χ0) is 17.2. The first-order valence-electron chi connectivity index (χ1n) is 8.27. The molecule has 0 spiro atoms. The number of aromatic nitrogens is 2. The first-order valence-corrected chi connectivity index (χ1v) is 8.27. The molecule has 128 valence electrons. The average molecular weight is 337 g/mol. The third-order valence-electron chi connectivity index (χ3n) is 4.33. The minimum Gasteiger partial charge on any atom is -0.464 e. The van der Waals surface area contributed by atoms with Crippen molar-refractivity contribution in [3.05, 3.63) is 71.9 Å². The Bertz CT molecular complexity index is 869. The van der Waals surface area contributed by atoms with Crippen LogP contribution in [0.4, 0.5) is 0 Å². The Morgan fingerprint density at radius 2 is 2.04 bits per heavy atom. The van der Waals surface area contributed by atoms with Gasteiger partial charge < -0.3 is 14.1 Å². The number of carbonyl (C=O) groups is 1. The summed E-state index contributed by atoms with van der Waals surface area (Å²) in [4.78, 5) is 14.8. The van der Waals surface area contributed by atoms with Crippen LogP contribution in [-0.4, -0.2) is 40.3 Å². The van der Waals surface area contributed by atoms with Gasteiger partial charge in [-0.25, -0.2) is 4.68 Å². The standard InChI is InChI=1S/C19H19N3O3/c1-14-7-8-18(25-14)17-13-24-10-9-21(17)19(23)15-11-20-22(12-15)16-5-3-2-4-6-16/h2-8,11-12,17H,9-10,13H2,1H3/t17-/m1/s1. The highest BCUT2D eigenvalue weighted by molar-refractivity contribution is 5.94. The van der Waals surface area contributed by atoms with Crippen molar-refractivity contribution in [2.24, 2.45) is 0 Å². The molecule has 1 amide bonds. The van der Waals surface area contributed by atoms with Crippen LogP contribution in [0.15, 0.2) is 59.3 Å². The summed E-state index contributed by atoms with van der Waals surface area (Å²) in [6.45, 7) is 3.38. The number of ether oxygens (including phenoxy) is 1. The first kappa shape index (κ1) is 15.7. The fourth-order valence-corrected chi connectivity index (χ4v) is 3.04. The van der Waals surface area contributed by atoms with E-state index in [1.165, 1.54) is 0 Å². The second-order valence-electron chi connectivity index (χ2n) is 6.05. The number of morpholine rings is 1. The lowest BCUT2D eigenvalue weighted by Crippen LogP contribution is -2.43.